The molecule has 0 radical (unpaired) electrons. The number of hydrogen-bond donors (Lipinski definition) is 1. The van der Waals surface area contributed by atoms with Crippen LogP contribution >= 0.6 is 0 Å². The Morgan fingerprint density at radius 1 is 1.25 bits per heavy atom. The molecule has 0 bridgehead atoms. The third kappa shape index (κ3) is 4.93. The molecule has 0 unspecified atom stereocenters. The lowest BCUT2D eigenvalue weighted by Gasteiger charge is -2.18. The zero-order valence-corrected chi connectivity index (χ0v) is 10.1. The fourth-order valence-electron chi connectivity index (χ4n) is 0.947. The quantitative estimate of drug-likeness (QED) is 0.792. The fraction of sp³-hybridized carbons (Fsp3) is 0.636. The van der Waals surface area contributed by atoms with Gasteiger partial charge in [-0.15, -0.1) is 0 Å². The zero-order valence-electron chi connectivity index (χ0n) is 10.1. The molecule has 0 aliphatic heterocycles. The minimum Gasteiger partial charge on any atom is -0.478 e. The van der Waals surface area contributed by atoms with E-state index in [2.05, 4.69) is 9.97 Å². The van der Waals surface area contributed by atoms with Crippen molar-refractivity contribution in [3.63, 3.8) is 0 Å². The van der Waals surface area contributed by atoms with Gasteiger partial charge in [0.15, 0.2) is 0 Å². The highest BCUT2D eigenvalue weighted by Crippen LogP contribution is 2.14. The summed E-state index contributed by atoms with van der Waals surface area (Å²) in [5.74, 6) is 1.02. The summed E-state index contributed by atoms with van der Waals surface area (Å²) >= 11 is 0. The van der Waals surface area contributed by atoms with Gasteiger partial charge < -0.3 is 15.2 Å². The van der Waals surface area contributed by atoms with Gasteiger partial charge in [0.05, 0.1) is 12.7 Å². The number of ether oxygens (including phenoxy) is 2. The molecule has 0 spiro atoms. The molecular formula is C11H19N3O2. The fourth-order valence-corrected chi connectivity index (χ4v) is 0.947. The van der Waals surface area contributed by atoms with Crippen molar-refractivity contribution in [2.75, 3.05) is 13.2 Å². The summed E-state index contributed by atoms with van der Waals surface area (Å²) in [6.07, 6.45) is 2.36. The van der Waals surface area contributed by atoms with E-state index in [0.29, 0.717) is 25.0 Å². The Labute approximate surface area is 96.0 Å². The van der Waals surface area contributed by atoms with Crippen LogP contribution < -0.4 is 15.2 Å². The maximum Gasteiger partial charge on any atom is 0.220 e. The van der Waals surface area contributed by atoms with E-state index in [0.717, 1.165) is 6.42 Å². The zero-order chi connectivity index (χ0) is 12.0. The Morgan fingerprint density at radius 3 is 2.44 bits per heavy atom. The Kier molecular flexibility index (Phi) is 4.49. The van der Waals surface area contributed by atoms with Gasteiger partial charge in [-0.2, -0.15) is 0 Å². The van der Waals surface area contributed by atoms with Gasteiger partial charge in [-0.1, -0.05) is 6.92 Å². The van der Waals surface area contributed by atoms with E-state index in [4.69, 9.17) is 15.2 Å². The Balaban J connectivity index is 2.53. The predicted octanol–water partition coefficient (Wildman–Crippen LogP) is 1.38. The van der Waals surface area contributed by atoms with Crippen molar-refractivity contribution >= 4 is 0 Å². The summed E-state index contributed by atoms with van der Waals surface area (Å²) in [6.45, 7) is 6.86. The third-order valence-electron chi connectivity index (χ3n) is 1.66. The first-order valence-electron chi connectivity index (χ1n) is 5.38. The average Bonchev–Trinajstić information content (AvgIpc) is 2.23. The molecule has 1 heterocycles. The summed E-state index contributed by atoms with van der Waals surface area (Å²) < 4.78 is 10.8. The predicted molar refractivity (Wildman–Crippen MR) is 61.6 cm³/mol. The van der Waals surface area contributed by atoms with Gasteiger partial charge in [0.25, 0.3) is 0 Å². The van der Waals surface area contributed by atoms with Crippen molar-refractivity contribution < 1.29 is 9.47 Å². The lowest BCUT2D eigenvalue weighted by Crippen LogP contribution is -2.38. The summed E-state index contributed by atoms with van der Waals surface area (Å²) in [5, 5.41) is 0. The second kappa shape index (κ2) is 5.65. The van der Waals surface area contributed by atoms with Crippen molar-refractivity contribution in [3.05, 3.63) is 12.4 Å². The van der Waals surface area contributed by atoms with Gasteiger partial charge in [0, 0.05) is 5.54 Å². The molecule has 16 heavy (non-hydrogen) atoms. The molecule has 0 atom stereocenters. The first kappa shape index (κ1) is 12.7. The Bertz CT molecular complexity index is 323. The highest BCUT2D eigenvalue weighted by atomic mass is 16.5. The van der Waals surface area contributed by atoms with E-state index in [1.807, 2.05) is 20.8 Å². The second-order valence-corrected chi connectivity index (χ2v) is 4.32. The van der Waals surface area contributed by atoms with Gasteiger partial charge in [-0.05, 0) is 20.3 Å². The second-order valence-electron chi connectivity index (χ2n) is 4.32. The molecule has 0 fully saturated rings. The molecule has 0 aliphatic rings. The van der Waals surface area contributed by atoms with Gasteiger partial charge in [-0.3, -0.25) is 0 Å². The first-order chi connectivity index (χ1) is 7.51. The van der Waals surface area contributed by atoms with Crippen molar-refractivity contribution in [1.82, 2.24) is 9.97 Å². The molecule has 0 aromatic carbocycles. The molecule has 0 aliphatic carbocycles. The van der Waals surface area contributed by atoms with Crippen molar-refractivity contribution in [2.24, 2.45) is 5.73 Å². The van der Waals surface area contributed by atoms with E-state index in [1.165, 1.54) is 6.33 Å². The molecule has 90 valence electrons. The van der Waals surface area contributed by atoms with Crippen LogP contribution in [-0.4, -0.2) is 28.7 Å². The monoisotopic (exact) mass is 225 g/mol. The molecule has 0 saturated carbocycles. The number of aromatic nitrogens is 2. The summed E-state index contributed by atoms with van der Waals surface area (Å²) in [4.78, 5) is 7.96. The van der Waals surface area contributed by atoms with Gasteiger partial charge in [0.2, 0.25) is 11.8 Å². The molecule has 5 heteroatoms. The summed E-state index contributed by atoms with van der Waals surface area (Å²) in [7, 11) is 0. The topological polar surface area (TPSA) is 70.3 Å². The lowest BCUT2D eigenvalue weighted by atomic mass is 10.1. The minimum atomic E-state index is -0.380. The van der Waals surface area contributed by atoms with E-state index in [-0.39, 0.29) is 5.54 Å². The van der Waals surface area contributed by atoms with Gasteiger partial charge >= 0.3 is 0 Å². The number of rotatable bonds is 6. The van der Waals surface area contributed by atoms with Crippen LogP contribution in [0.5, 0.6) is 11.8 Å². The van der Waals surface area contributed by atoms with E-state index in [9.17, 15) is 0 Å². The Hall–Kier alpha value is -1.36. The standard InChI is InChI=1S/C11H19N3O2/c1-4-5-15-9-6-10(14-8-13-9)16-7-11(2,3)12/h6,8H,4-5,7,12H2,1-3H3. The Morgan fingerprint density at radius 2 is 1.88 bits per heavy atom. The highest BCUT2D eigenvalue weighted by Gasteiger charge is 2.12. The van der Waals surface area contributed by atoms with Crippen LogP contribution in [0.25, 0.3) is 0 Å². The summed E-state index contributed by atoms with van der Waals surface area (Å²) in [5.41, 5.74) is 5.42. The van der Waals surface area contributed by atoms with Crippen LogP contribution in [0.4, 0.5) is 0 Å². The van der Waals surface area contributed by atoms with Crippen molar-refractivity contribution in [1.29, 1.82) is 0 Å². The van der Waals surface area contributed by atoms with Crippen LogP contribution in [0, 0.1) is 0 Å². The first-order valence-corrected chi connectivity index (χ1v) is 5.38. The van der Waals surface area contributed by atoms with E-state index < -0.39 is 0 Å². The number of nitrogens with two attached hydrogens (primary N) is 1. The van der Waals surface area contributed by atoms with Crippen molar-refractivity contribution in [2.45, 2.75) is 32.7 Å². The van der Waals surface area contributed by atoms with Crippen LogP contribution in [0.15, 0.2) is 12.4 Å². The van der Waals surface area contributed by atoms with E-state index in [1.54, 1.807) is 6.07 Å². The minimum absolute atomic E-state index is 0.380. The highest BCUT2D eigenvalue weighted by molar-refractivity contribution is 5.18. The number of nitrogens with zero attached hydrogens (tertiary/aromatic N) is 2. The van der Waals surface area contributed by atoms with Crippen LogP contribution in [0.1, 0.15) is 27.2 Å². The third-order valence-corrected chi connectivity index (χ3v) is 1.66. The van der Waals surface area contributed by atoms with Crippen molar-refractivity contribution in [3.8, 4) is 11.8 Å². The van der Waals surface area contributed by atoms with E-state index >= 15 is 0 Å². The molecular weight excluding hydrogens is 206 g/mol. The lowest BCUT2D eigenvalue weighted by molar-refractivity contribution is 0.231. The molecule has 0 amide bonds. The normalized spacial score (nSPS) is 11.2. The molecule has 2 N–H and O–H groups in total. The van der Waals surface area contributed by atoms with Crippen LogP contribution in [0.3, 0.4) is 0 Å². The molecule has 1 aromatic rings. The maximum absolute atomic E-state index is 5.80. The maximum atomic E-state index is 5.80. The average molecular weight is 225 g/mol. The van der Waals surface area contributed by atoms with Crippen LogP contribution in [-0.2, 0) is 0 Å². The molecule has 1 aromatic heterocycles. The summed E-state index contributed by atoms with van der Waals surface area (Å²) in [6, 6.07) is 1.67. The smallest absolute Gasteiger partial charge is 0.220 e. The SMILES string of the molecule is CCCOc1cc(OCC(C)(C)N)ncn1. The van der Waals surface area contributed by atoms with Gasteiger partial charge in [-0.25, -0.2) is 9.97 Å². The van der Waals surface area contributed by atoms with Gasteiger partial charge in [0.1, 0.15) is 12.9 Å². The largest absolute Gasteiger partial charge is 0.478 e. The number of hydrogen-bond acceptors (Lipinski definition) is 5. The molecule has 0 saturated heterocycles. The molecule has 1 rings (SSSR count). The molecule has 5 nitrogen and oxygen atoms in total. The van der Waals surface area contributed by atoms with Crippen LogP contribution in [0.2, 0.25) is 0 Å².